The average Bonchev–Trinajstić information content (AvgIpc) is 2.72. The highest BCUT2D eigenvalue weighted by Crippen LogP contribution is 2.33. The Morgan fingerprint density at radius 3 is 2.68 bits per heavy atom. The molecule has 0 bridgehead atoms. The number of H-pyrrole nitrogens is 1. The van der Waals surface area contributed by atoms with Crippen LogP contribution in [-0.2, 0) is 9.53 Å². The van der Waals surface area contributed by atoms with Gasteiger partial charge in [-0.25, -0.2) is 9.59 Å². The third-order valence-electron chi connectivity index (χ3n) is 4.09. The number of halogens is 1. The Bertz CT molecular complexity index is 1260. The van der Waals surface area contributed by atoms with Crippen LogP contribution in [-0.4, -0.2) is 41.7 Å². The van der Waals surface area contributed by atoms with E-state index in [4.69, 9.17) is 14.2 Å². The Morgan fingerprint density at radius 2 is 1.97 bits per heavy atom. The van der Waals surface area contributed by atoms with Gasteiger partial charge in [0.2, 0.25) is 0 Å². The number of para-hydroxylation sites is 1. The van der Waals surface area contributed by atoms with Crippen molar-refractivity contribution >= 4 is 39.0 Å². The van der Waals surface area contributed by atoms with Crippen molar-refractivity contribution < 1.29 is 19.0 Å². The van der Waals surface area contributed by atoms with E-state index in [0.717, 1.165) is 4.68 Å². The zero-order valence-corrected chi connectivity index (χ0v) is 18.6. The number of esters is 1. The molecule has 9 nitrogen and oxygen atoms in total. The van der Waals surface area contributed by atoms with Crippen LogP contribution in [0.5, 0.6) is 11.5 Å². The molecule has 0 radical (unpaired) electrons. The number of benzene rings is 2. The number of nitrogens with zero attached hydrogens (tertiary/aromatic N) is 2. The first-order chi connectivity index (χ1) is 14.8. The lowest BCUT2D eigenvalue weighted by Crippen LogP contribution is -2.32. The normalized spacial score (nSPS) is 11.3. The van der Waals surface area contributed by atoms with Gasteiger partial charge >= 0.3 is 11.7 Å². The summed E-state index contributed by atoms with van der Waals surface area (Å²) < 4.78 is 17.1. The molecule has 1 heterocycles. The highest BCUT2D eigenvalue weighted by molar-refractivity contribution is 9.10. The maximum atomic E-state index is 12.6. The van der Waals surface area contributed by atoms with Gasteiger partial charge in [-0.3, -0.25) is 4.79 Å². The third-order valence-corrected chi connectivity index (χ3v) is 4.78. The van der Waals surface area contributed by atoms with Crippen LogP contribution in [0.3, 0.4) is 0 Å². The maximum Gasteiger partial charge on any atom is 0.349 e. The topological polar surface area (TPSA) is 112 Å². The molecular formula is C21H20BrN3O6. The maximum absolute atomic E-state index is 12.6. The molecule has 10 heteroatoms. The molecule has 3 rings (SSSR count). The van der Waals surface area contributed by atoms with E-state index in [-0.39, 0.29) is 12.7 Å². The molecule has 0 unspecified atom stereocenters. The fourth-order valence-corrected chi connectivity index (χ4v) is 3.16. The Balaban J connectivity index is 1.90. The van der Waals surface area contributed by atoms with E-state index < -0.39 is 17.2 Å². The van der Waals surface area contributed by atoms with Crippen molar-refractivity contribution in [3.05, 3.63) is 67.3 Å². The van der Waals surface area contributed by atoms with Crippen LogP contribution < -0.4 is 20.7 Å². The summed E-state index contributed by atoms with van der Waals surface area (Å²) in [4.78, 5) is 39.2. The lowest BCUT2D eigenvalue weighted by molar-refractivity contribution is -0.149. The quantitative estimate of drug-likeness (QED) is 0.403. The van der Waals surface area contributed by atoms with Gasteiger partial charge in [0.15, 0.2) is 18.1 Å². The molecule has 0 atom stereocenters. The fourth-order valence-electron chi connectivity index (χ4n) is 2.73. The molecule has 3 aromatic rings. The van der Waals surface area contributed by atoms with Crippen molar-refractivity contribution in [2.75, 3.05) is 13.7 Å². The first kappa shape index (κ1) is 22.3. The van der Waals surface area contributed by atoms with Gasteiger partial charge in [0.25, 0.3) is 5.56 Å². The molecule has 0 fully saturated rings. The molecule has 1 aromatic heterocycles. The average molecular weight is 490 g/mol. The second-order valence-corrected chi connectivity index (χ2v) is 7.54. The van der Waals surface area contributed by atoms with Crippen molar-refractivity contribution in [2.24, 2.45) is 5.10 Å². The highest BCUT2D eigenvalue weighted by Gasteiger charge is 2.13. The van der Waals surface area contributed by atoms with Gasteiger partial charge < -0.3 is 19.2 Å². The van der Waals surface area contributed by atoms with E-state index in [2.05, 4.69) is 26.0 Å². The van der Waals surface area contributed by atoms with Crippen LogP contribution in [0.2, 0.25) is 0 Å². The number of hydrogen-bond donors (Lipinski definition) is 1. The molecule has 0 spiro atoms. The lowest BCUT2D eigenvalue weighted by atomic mass is 10.2. The minimum atomic E-state index is -0.661. The zero-order chi connectivity index (χ0) is 22.5. The molecule has 0 aliphatic carbocycles. The fraction of sp³-hybridized carbons (Fsp3) is 0.238. The molecule has 31 heavy (non-hydrogen) atoms. The summed E-state index contributed by atoms with van der Waals surface area (Å²) in [6, 6.07) is 9.86. The molecule has 0 saturated heterocycles. The standard InChI is InChI=1S/C21H20BrN3O6/c1-12(2)31-19(26)11-30-18-9-15(22)13(8-17(18)29-3)10-23-25-20(27)14-6-4-5-7-16(14)24-21(25)28/h4-10,12H,11H2,1-3H3,(H,24,28). The molecule has 162 valence electrons. The molecule has 0 aliphatic heterocycles. The molecule has 0 saturated carbocycles. The van der Waals surface area contributed by atoms with Crippen LogP contribution >= 0.6 is 15.9 Å². The Hall–Kier alpha value is -3.40. The first-order valence-corrected chi connectivity index (χ1v) is 10.1. The summed E-state index contributed by atoms with van der Waals surface area (Å²) in [6.07, 6.45) is 1.10. The van der Waals surface area contributed by atoms with Crippen LogP contribution in [0.4, 0.5) is 0 Å². The monoisotopic (exact) mass is 489 g/mol. The van der Waals surface area contributed by atoms with E-state index in [9.17, 15) is 14.4 Å². The van der Waals surface area contributed by atoms with Crippen molar-refractivity contribution in [1.82, 2.24) is 9.66 Å². The number of aromatic nitrogens is 2. The molecule has 2 aromatic carbocycles. The zero-order valence-electron chi connectivity index (χ0n) is 17.0. The lowest BCUT2D eigenvalue weighted by Gasteiger charge is -2.13. The van der Waals surface area contributed by atoms with Crippen molar-refractivity contribution in [1.29, 1.82) is 0 Å². The van der Waals surface area contributed by atoms with Gasteiger partial charge in [0.05, 0.1) is 30.3 Å². The smallest absolute Gasteiger partial charge is 0.349 e. The number of nitrogens with one attached hydrogen (secondary N) is 1. The molecule has 1 N–H and O–H groups in total. The SMILES string of the molecule is COc1cc(C=Nn2c(=O)[nH]c3ccccc3c2=O)c(Br)cc1OCC(=O)OC(C)C. The van der Waals surface area contributed by atoms with Crippen LogP contribution in [0.25, 0.3) is 10.9 Å². The van der Waals surface area contributed by atoms with Crippen LogP contribution in [0.15, 0.2) is 55.6 Å². The summed E-state index contributed by atoms with van der Waals surface area (Å²) in [5, 5.41) is 4.37. The van der Waals surface area contributed by atoms with E-state index in [0.29, 0.717) is 32.4 Å². The minimum absolute atomic E-state index is 0.245. The number of aromatic amines is 1. The molecule has 0 aliphatic rings. The molecule has 0 amide bonds. The number of methoxy groups -OCH3 is 1. The predicted octanol–water partition coefficient (Wildman–Crippen LogP) is 2.67. The van der Waals surface area contributed by atoms with Crippen molar-refractivity contribution in [3.63, 3.8) is 0 Å². The van der Waals surface area contributed by atoms with Gasteiger partial charge in [0.1, 0.15) is 0 Å². The number of carbonyl (C=O) groups excluding carboxylic acids is 1. The second kappa shape index (κ2) is 9.61. The third kappa shape index (κ3) is 5.21. The van der Waals surface area contributed by atoms with Crippen LogP contribution in [0.1, 0.15) is 19.4 Å². The van der Waals surface area contributed by atoms with E-state index in [1.807, 2.05) is 0 Å². The van der Waals surface area contributed by atoms with Crippen LogP contribution in [0, 0.1) is 0 Å². The Labute approximate surface area is 185 Å². The van der Waals surface area contributed by atoms with Crippen molar-refractivity contribution in [2.45, 2.75) is 20.0 Å². The summed E-state index contributed by atoms with van der Waals surface area (Å²) in [5.41, 5.74) is -0.244. The van der Waals surface area contributed by atoms with Gasteiger partial charge in [-0.1, -0.05) is 12.1 Å². The predicted molar refractivity (Wildman–Crippen MR) is 119 cm³/mol. The number of carbonyl (C=O) groups is 1. The van der Waals surface area contributed by atoms with Gasteiger partial charge in [0, 0.05) is 10.0 Å². The van der Waals surface area contributed by atoms with Gasteiger partial charge in [-0.05, 0) is 54.0 Å². The number of rotatable bonds is 7. The van der Waals surface area contributed by atoms with E-state index >= 15 is 0 Å². The summed E-state index contributed by atoms with van der Waals surface area (Å²) in [6.45, 7) is 3.21. The second-order valence-electron chi connectivity index (χ2n) is 6.69. The van der Waals surface area contributed by atoms with E-state index in [1.165, 1.54) is 13.3 Å². The minimum Gasteiger partial charge on any atom is -0.493 e. The van der Waals surface area contributed by atoms with Crippen molar-refractivity contribution in [3.8, 4) is 11.5 Å². The summed E-state index contributed by atoms with van der Waals surface area (Å²) in [7, 11) is 1.45. The Kier molecular flexibility index (Phi) is 6.91. The van der Waals surface area contributed by atoms with Gasteiger partial charge in [-0.2, -0.15) is 5.10 Å². The van der Waals surface area contributed by atoms with Gasteiger partial charge in [-0.15, -0.1) is 4.68 Å². The summed E-state index contributed by atoms with van der Waals surface area (Å²) in [5.74, 6) is 0.142. The highest BCUT2D eigenvalue weighted by atomic mass is 79.9. The van der Waals surface area contributed by atoms with E-state index in [1.54, 1.807) is 50.2 Å². The number of fused-ring (bicyclic) bond motifs is 1. The Morgan fingerprint density at radius 1 is 1.23 bits per heavy atom. The number of ether oxygens (including phenoxy) is 3. The first-order valence-electron chi connectivity index (χ1n) is 9.28. The number of hydrogen-bond acceptors (Lipinski definition) is 7. The largest absolute Gasteiger partial charge is 0.493 e. The molecular weight excluding hydrogens is 470 g/mol. The summed E-state index contributed by atoms with van der Waals surface area (Å²) >= 11 is 3.39.